The standard InChI is InChI=1S/C13H24N2O3/c1-10(2)13(17)8-15(9-13)12(16)7-18-11-3-5-14-6-4-11/h10-11,14,17H,3-9H2,1-2H3. The maximum absolute atomic E-state index is 11.9. The Hall–Kier alpha value is -0.650. The van der Waals surface area contributed by atoms with Crippen LogP contribution in [-0.2, 0) is 9.53 Å². The molecule has 5 heteroatoms. The van der Waals surface area contributed by atoms with Crippen LogP contribution in [0.1, 0.15) is 26.7 Å². The minimum absolute atomic E-state index is 0.00106. The van der Waals surface area contributed by atoms with Crippen LogP contribution in [0.2, 0.25) is 0 Å². The predicted octanol–water partition coefficient (Wildman–Crippen LogP) is -0.0157. The number of amides is 1. The van der Waals surface area contributed by atoms with E-state index in [9.17, 15) is 9.90 Å². The van der Waals surface area contributed by atoms with Gasteiger partial charge >= 0.3 is 0 Å². The molecule has 2 aliphatic rings. The summed E-state index contributed by atoms with van der Waals surface area (Å²) in [4.78, 5) is 13.5. The molecule has 0 aromatic carbocycles. The molecule has 0 spiro atoms. The molecule has 2 rings (SSSR count). The quantitative estimate of drug-likeness (QED) is 0.742. The average Bonchev–Trinajstić information content (AvgIpc) is 2.33. The fourth-order valence-corrected chi connectivity index (χ4v) is 2.40. The highest BCUT2D eigenvalue weighted by molar-refractivity contribution is 5.78. The molecule has 2 heterocycles. The van der Waals surface area contributed by atoms with Crippen LogP contribution in [0.5, 0.6) is 0 Å². The monoisotopic (exact) mass is 256 g/mol. The van der Waals surface area contributed by atoms with Crippen molar-refractivity contribution in [1.29, 1.82) is 0 Å². The molecule has 0 atom stereocenters. The highest BCUT2D eigenvalue weighted by Crippen LogP contribution is 2.28. The molecule has 2 saturated heterocycles. The summed E-state index contributed by atoms with van der Waals surface area (Å²) in [6.07, 6.45) is 2.16. The first-order chi connectivity index (χ1) is 8.51. The maximum atomic E-state index is 11.9. The van der Waals surface area contributed by atoms with Gasteiger partial charge in [-0.05, 0) is 31.8 Å². The normalized spacial score (nSPS) is 24.1. The average molecular weight is 256 g/mol. The molecule has 0 radical (unpaired) electrons. The third-order valence-electron chi connectivity index (χ3n) is 4.09. The number of hydrogen-bond acceptors (Lipinski definition) is 4. The molecule has 0 aromatic heterocycles. The van der Waals surface area contributed by atoms with E-state index in [4.69, 9.17) is 4.74 Å². The molecule has 0 unspecified atom stereocenters. The maximum Gasteiger partial charge on any atom is 0.248 e. The van der Waals surface area contributed by atoms with Crippen molar-refractivity contribution in [2.75, 3.05) is 32.8 Å². The van der Waals surface area contributed by atoms with Crippen molar-refractivity contribution < 1.29 is 14.6 Å². The van der Waals surface area contributed by atoms with Crippen molar-refractivity contribution in [1.82, 2.24) is 10.2 Å². The summed E-state index contributed by atoms with van der Waals surface area (Å²) in [6.45, 7) is 6.93. The lowest BCUT2D eigenvalue weighted by Crippen LogP contribution is -2.66. The zero-order chi connectivity index (χ0) is 13.2. The lowest BCUT2D eigenvalue weighted by Gasteiger charge is -2.49. The van der Waals surface area contributed by atoms with E-state index in [1.54, 1.807) is 4.90 Å². The summed E-state index contributed by atoms with van der Waals surface area (Å²) < 4.78 is 5.62. The molecule has 104 valence electrons. The Morgan fingerprint density at radius 1 is 1.44 bits per heavy atom. The zero-order valence-corrected chi connectivity index (χ0v) is 11.3. The van der Waals surface area contributed by atoms with Gasteiger partial charge in [-0.1, -0.05) is 13.8 Å². The molecular formula is C13H24N2O3. The number of β-amino-alcohol motifs (C(OH)–C–C–N with tert-alkyl or cyclic N) is 1. The van der Waals surface area contributed by atoms with Gasteiger partial charge < -0.3 is 20.1 Å². The number of nitrogens with zero attached hydrogens (tertiary/aromatic N) is 1. The van der Waals surface area contributed by atoms with Crippen LogP contribution >= 0.6 is 0 Å². The number of hydrogen-bond donors (Lipinski definition) is 2. The van der Waals surface area contributed by atoms with Gasteiger partial charge in [-0.2, -0.15) is 0 Å². The lowest BCUT2D eigenvalue weighted by molar-refractivity contribution is -0.169. The molecule has 0 aliphatic carbocycles. The fraction of sp³-hybridized carbons (Fsp3) is 0.923. The van der Waals surface area contributed by atoms with E-state index in [0.717, 1.165) is 25.9 Å². The van der Waals surface area contributed by atoms with Crippen LogP contribution < -0.4 is 5.32 Å². The van der Waals surface area contributed by atoms with Gasteiger partial charge in [0.2, 0.25) is 5.91 Å². The van der Waals surface area contributed by atoms with Crippen LogP contribution in [0.25, 0.3) is 0 Å². The first-order valence-corrected chi connectivity index (χ1v) is 6.84. The number of nitrogens with one attached hydrogen (secondary N) is 1. The van der Waals surface area contributed by atoms with Crippen LogP contribution in [0.15, 0.2) is 0 Å². The number of piperidine rings is 1. The summed E-state index contributed by atoms with van der Waals surface area (Å²) in [5.74, 6) is 0.186. The number of carbonyl (C=O) groups excluding carboxylic acids is 1. The Morgan fingerprint density at radius 2 is 2.06 bits per heavy atom. The van der Waals surface area contributed by atoms with Gasteiger partial charge in [0.1, 0.15) is 12.2 Å². The highest BCUT2D eigenvalue weighted by atomic mass is 16.5. The van der Waals surface area contributed by atoms with Crippen molar-refractivity contribution in [3.8, 4) is 0 Å². The van der Waals surface area contributed by atoms with Gasteiger partial charge in [-0.3, -0.25) is 4.79 Å². The number of carbonyl (C=O) groups is 1. The van der Waals surface area contributed by atoms with E-state index < -0.39 is 5.60 Å². The van der Waals surface area contributed by atoms with E-state index in [1.807, 2.05) is 13.8 Å². The van der Waals surface area contributed by atoms with Crippen LogP contribution in [0.3, 0.4) is 0 Å². The van der Waals surface area contributed by atoms with Crippen molar-refractivity contribution in [2.45, 2.75) is 38.4 Å². The molecule has 0 saturated carbocycles. The van der Waals surface area contributed by atoms with E-state index in [-0.39, 0.29) is 24.5 Å². The van der Waals surface area contributed by atoms with E-state index in [0.29, 0.717) is 13.1 Å². The summed E-state index contributed by atoms with van der Waals surface area (Å²) in [7, 11) is 0. The van der Waals surface area contributed by atoms with Gasteiger partial charge in [0.05, 0.1) is 19.2 Å². The summed E-state index contributed by atoms with van der Waals surface area (Å²) in [6, 6.07) is 0. The van der Waals surface area contributed by atoms with E-state index in [1.165, 1.54) is 0 Å². The van der Waals surface area contributed by atoms with Crippen molar-refractivity contribution in [3.63, 3.8) is 0 Å². The van der Waals surface area contributed by atoms with Gasteiger partial charge in [0, 0.05) is 0 Å². The Kier molecular flexibility index (Phi) is 4.25. The van der Waals surface area contributed by atoms with Crippen LogP contribution in [0.4, 0.5) is 0 Å². The topological polar surface area (TPSA) is 61.8 Å². The second-order valence-corrected chi connectivity index (χ2v) is 5.77. The Morgan fingerprint density at radius 3 is 2.61 bits per heavy atom. The number of ether oxygens (including phenoxy) is 1. The minimum atomic E-state index is -0.690. The SMILES string of the molecule is CC(C)C1(O)CN(C(=O)COC2CCNCC2)C1. The van der Waals surface area contributed by atoms with Crippen LogP contribution in [-0.4, -0.2) is 60.4 Å². The molecule has 2 fully saturated rings. The van der Waals surface area contributed by atoms with E-state index >= 15 is 0 Å². The smallest absolute Gasteiger partial charge is 0.248 e. The van der Waals surface area contributed by atoms with Gasteiger partial charge in [0.25, 0.3) is 0 Å². The van der Waals surface area contributed by atoms with E-state index in [2.05, 4.69) is 5.32 Å². The molecule has 2 N–H and O–H groups in total. The predicted molar refractivity (Wildman–Crippen MR) is 68.2 cm³/mol. The molecule has 2 aliphatic heterocycles. The Balaban J connectivity index is 1.67. The number of rotatable bonds is 4. The van der Waals surface area contributed by atoms with Gasteiger partial charge in [-0.15, -0.1) is 0 Å². The molecular weight excluding hydrogens is 232 g/mol. The molecule has 5 nitrogen and oxygen atoms in total. The van der Waals surface area contributed by atoms with Crippen molar-refractivity contribution in [3.05, 3.63) is 0 Å². The molecule has 1 amide bonds. The summed E-state index contributed by atoms with van der Waals surface area (Å²) in [5, 5.41) is 13.3. The highest BCUT2D eigenvalue weighted by Gasteiger charge is 2.45. The zero-order valence-electron chi connectivity index (χ0n) is 11.3. The van der Waals surface area contributed by atoms with Crippen LogP contribution in [0, 0.1) is 5.92 Å². The number of likely N-dealkylation sites (tertiary alicyclic amines) is 1. The molecule has 0 aromatic rings. The van der Waals surface area contributed by atoms with Gasteiger partial charge in [-0.25, -0.2) is 0 Å². The molecule has 0 bridgehead atoms. The van der Waals surface area contributed by atoms with Crippen molar-refractivity contribution in [2.24, 2.45) is 5.92 Å². The van der Waals surface area contributed by atoms with Gasteiger partial charge in [0.15, 0.2) is 0 Å². The Labute approximate surface area is 108 Å². The second-order valence-electron chi connectivity index (χ2n) is 5.77. The van der Waals surface area contributed by atoms with Crippen molar-refractivity contribution >= 4 is 5.91 Å². The Bertz CT molecular complexity index is 295. The summed E-state index contributed by atoms with van der Waals surface area (Å²) in [5.41, 5.74) is -0.690. The third-order valence-corrected chi connectivity index (χ3v) is 4.09. The lowest BCUT2D eigenvalue weighted by atomic mass is 9.83. The first-order valence-electron chi connectivity index (χ1n) is 6.84. The summed E-state index contributed by atoms with van der Waals surface area (Å²) >= 11 is 0. The third kappa shape index (κ3) is 3.02. The largest absolute Gasteiger partial charge is 0.386 e. The number of aliphatic hydroxyl groups is 1. The second kappa shape index (κ2) is 5.55. The fourth-order valence-electron chi connectivity index (χ4n) is 2.40. The minimum Gasteiger partial charge on any atom is -0.386 e. The first kappa shape index (κ1) is 13.8. The molecule has 18 heavy (non-hydrogen) atoms.